The van der Waals surface area contributed by atoms with Crippen molar-refractivity contribution in [1.82, 2.24) is 5.32 Å². The van der Waals surface area contributed by atoms with Gasteiger partial charge in [0.1, 0.15) is 24.2 Å². The first-order valence-electron chi connectivity index (χ1n) is 8.48. The largest absolute Gasteiger partial charge is 0.491 e. The number of hydrogen-bond acceptors (Lipinski definition) is 5. The fourth-order valence-corrected chi connectivity index (χ4v) is 3.43. The van der Waals surface area contributed by atoms with Crippen molar-refractivity contribution in [3.05, 3.63) is 29.8 Å². The molecule has 1 aromatic carbocycles. The van der Waals surface area contributed by atoms with Gasteiger partial charge in [-0.1, -0.05) is 25.8 Å². The van der Waals surface area contributed by atoms with E-state index in [-0.39, 0.29) is 24.7 Å². The van der Waals surface area contributed by atoms with Crippen LogP contribution in [0.1, 0.15) is 31.7 Å². The van der Waals surface area contributed by atoms with Crippen LogP contribution >= 0.6 is 0 Å². The number of carbonyl (C=O) groups excluding carboxylic acids is 1. The standard InChI is InChI=1S/C17H24F3NO5S/c1-2-3-4-8-27(24,25)12-16(23)21-10-14(22)11-26-15-7-5-6-13(9-15)17(18,19)20/h5-7,9,14,22H,2-4,8,10-12H2,1H3,(H,21,23). The molecule has 0 heterocycles. The van der Waals surface area contributed by atoms with Gasteiger partial charge in [-0.25, -0.2) is 8.42 Å². The van der Waals surface area contributed by atoms with Gasteiger partial charge in [-0.2, -0.15) is 13.2 Å². The summed E-state index contributed by atoms with van der Waals surface area (Å²) in [6.45, 7) is 1.30. The Morgan fingerprint density at radius 2 is 2.00 bits per heavy atom. The molecule has 1 amide bonds. The van der Waals surface area contributed by atoms with E-state index in [1.54, 1.807) is 0 Å². The average molecular weight is 411 g/mol. The molecule has 1 rings (SSSR count). The number of alkyl halides is 3. The molecule has 154 valence electrons. The van der Waals surface area contributed by atoms with Crippen LogP contribution in [0.3, 0.4) is 0 Å². The minimum atomic E-state index is -4.51. The first-order valence-corrected chi connectivity index (χ1v) is 10.3. The third kappa shape index (κ3) is 9.62. The Morgan fingerprint density at radius 3 is 2.63 bits per heavy atom. The number of hydrogen-bond donors (Lipinski definition) is 2. The number of halogens is 3. The zero-order valence-electron chi connectivity index (χ0n) is 15.0. The van der Waals surface area contributed by atoms with E-state index >= 15 is 0 Å². The van der Waals surface area contributed by atoms with Crippen molar-refractivity contribution in [1.29, 1.82) is 0 Å². The lowest BCUT2D eigenvalue weighted by molar-refractivity contribution is -0.137. The molecule has 1 unspecified atom stereocenters. The summed E-state index contributed by atoms with van der Waals surface area (Å²) in [5, 5.41) is 12.0. The summed E-state index contributed by atoms with van der Waals surface area (Å²) in [4.78, 5) is 11.7. The van der Waals surface area contributed by atoms with Gasteiger partial charge in [0.25, 0.3) is 0 Å². The SMILES string of the molecule is CCCCCS(=O)(=O)CC(=O)NCC(O)COc1cccc(C(F)(F)F)c1. The van der Waals surface area contributed by atoms with Crippen LogP contribution in [0.5, 0.6) is 5.75 Å². The highest BCUT2D eigenvalue weighted by molar-refractivity contribution is 7.92. The number of amides is 1. The number of aliphatic hydroxyl groups excluding tert-OH is 1. The maximum absolute atomic E-state index is 12.6. The van der Waals surface area contributed by atoms with Gasteiger partial charge >= 0.3 is 6.18 Å². The van der Waals surface area contributed by atoms with Crippen molar-refractivity contribution in [3.63, 3.8) is 0 Å². The van der Waals surface area contributed by atoms with E-state index in [0.29, 0.717) is 6.42 Å². The normalized spacial score (nSPS) is 13.2. The third-order valence-corrected chi connectivity index (χ3v) is 5.16. The molecule has 0 radical (unpaired) electrons. The summed E-state index contributed by atoms with van der Waals surface area (Å²) in [6, 6.07) is 4.18. The van der Waals surface area contributed by atoms with Gasteiger partial charge in [0.15, 0.2) is 9.84 Å². The van der Waals surface area contributed by atoms with Crippen molar-refractivity contribution in [2.75, 3.05) is 24.7 Å². The molecule has 1 aromatic rings. The lowest BCUT2D eigenvalue weighted by Crippen LogP contribution is -2.38. The Balaban J connectivity index is 2.39. The predicted molar refractivity (Wildman–Crippen MR) is 94.1 cm³/mol. The molecule has 0 saturated heterocycles. The highest BCUT2D eigenvalue weighted by Crippen LogP contribution is 2.31. The van der Waals surface area contributed by atoms with E-state index in [1.807, 2.05) is 6.92 Å². The monoisotopic (exact) mass is 411 g/mol. The molecule has 2 N–H and O–H groups in total. The first kappa shape index (κ1) is 23.2. The summed E-state index contributed by atoms with van der Waals surface area (Å²) < 4.78 is 66.4. The van der Waals surface area contributed by atoms with Crippen LogP contribution in [0.15, 0.2) is 24.3 Å². The zero-order valence-corrected chi connectivity index (χ0v) is 15.8. The average Bonchev–Trinajstić information content (AvgIpc) is 2.57. The second-order valence-electron chi connectivity index (χ2n) is 6.09. The van der Waals surface area contributed by atoms with Crippen LogP contribution in [-0.2, 0) is 20.8 Å². The molecule has 0 aliphatic carbocycles. The predicted octanol–water partition coefficient (Wildman–Crippen LogP) is 2.17. The molecule has 0 bridgehead atoms. The van der Waals surface area contributed by atoms with Crippen molar-refractivity contribution in [2.45, 2.75) is 38.5 Å². The molecule has 27 heavy (non-hydrogen) atoms. The molecule has 0 aliphatic rings. The molecule has 10 heteroatoms. The number of benzene rings is 1. The van der Waals surface area contributed by atoms with Gasteiger partial charge in [-0.05, 0) is 24.6 Å². The van der Waals surface area contributed by atoms with E-state index in [9.17, 15) is 31.5 Å². The summed E-state index contributed by atoms with van der Waals surface area (Å²) in [6.07, 6.45) is -3.60. The van der Waals surface area contributed by atoms with E-state index in [1.165, 1.54) is 12.1 Å². The molecule has 1 atom stereocenters. The highest BCUT2D eigenvalue weighted by atomic mass is 32.2. The van der Waals surface area contributed by atoms with Crippen LogP contribution in [0.4, 0.5) is 13.2 Å². The quantitative estimate of drug-likeness (QED) is 0.545. The van der Waals surface area contributed by atoms with Gasteiger partial charge in [0, 0.05) is 6.54 Å². The zero-order chi connectivity index (χ0) is 20.5. The second-order valence-corrected chi connectivity index (χ2v) is 8.28. The molecular formula is C17H24F3NO5S. The topological polar surface area (TPSA) is 92.7 Å². The number of rotatable bonds is 11. The van der Waals surface area contributed by atoms with Crippen LogP contribution in [-0.4, -0.2) is 50.2 Å². The molecule has 0 fully saturated rings. The molecule has 6 nitrogen and oxygen atoms in total. The number of aliphatic hydroxyl groups is 1. The molecule has 0 saturated carbocycles. The lowest BCUT2D eigenvalue weighted by atomic mass is 10.2. The van der Waals surface area contributed by atoms with Gasteiger partial charge < -0.3 is 15.2 Å². The van der Waals surface area contributed by atoms with Crippen LogP contribution in [0, 0.1) is 0 Å². The maximum atomic E-state index is 12.6. The van der Waals surface area contributed by atoms with Gasteiger partial charge in [-0.3, -0.25) is 4.79 Å². The van der Waals surface area contributed by atoms with Gasteiger partial charge in [0.2, 0.25) is 5.91 Å². The van der Waals surface area contributed by atoms with Gasteiger partial charge in [0.05, 0.1) is 11.3 Å². The first-order chi connectivity index (χ1) is 12.5. The minimum absolute atomic E-state index is 0.0739. The number of unbranched alkanes of at least 4 members (excludes halogenated alkanes) is 2. The molecule has 0 spiro atoms. The fourth-order valence-electron chi connectivity index (χ4n) is 2.14. The Hall–Kier alpha value is -1.81. The van der Waals surface area contributed by atoms with E-state index in [0.717, 1.165) is 25.0 Å². The smallest absolute Gasteiger partial charge is 0.416 e. The van der Waals surface area contributed by atoms with Crippen LogP contribution < -0.4 is 10.1 Å². The second kappa shape index (κ2) is 10.5. The number of carbonyl (C=O) groups is 1. The van der Waals surface area contributed by atoms with Crippen molar-refractivity contribution < 1.29 is 36.2 Å². The fraction of sp³-hybridized carbons (Fsp3) is 0.588. The van der Waals surface area contributed by atoms with E-state index in [4.69, 9.17) is 4.74 Å². The Labute approximate surface area is 156 Å². The van der Waals surface area contributed by atoms with Crippen molar-refractivity contribution in [3.8, 4) is 5.75 Å². The lowest BCUT2D eigenvalue weighted by Gasteiger charge is -2.14. The Morgan fingerprint density at radius 1 is 1.30 bits per heavy atom. The number of nitrogens with one attached hydrogen (secondary N) is 1. The van der Waals surface area contributed by atoms with Gasteiger partial charge in [-0.15, -0.1) is 0 Å². The molecular weight excluding hydrogens is 387 g/mol. The van der Waals surface area contributed by atoms with E-state index < -0.39 is 39.3 Å². The summed E-state index contributed by atoms with van der Waals surface area (Å²) >= 11 is 0. The highest BCUT2D eigenvalue weighted by Gasteiger charge is 2.30. The third-order valence-electron chi connectivity index (χ3n) is 3.55. The van der Waals surface area contributed by atoms with Crippen LogP contribution in [0.2, 0.25) is 0 Å². The summed E-state index contributed by atoms with van der Waals surface area (Å²) in [5.41, 5.74) is -0.879. The number of sulfone groups is 1. The van der Waals surface area contributed by atoms with Crippen molar-refractivity contribution >= 4 is 15.7 Å². The van der Waals surface area contributed by atoms with Crippen molar-refractivity contribution in [2.24, 2.45) is 0 Å². The molecule has 0 aliphatic heterocycles. The Kier molecular flexibility index (Phi) is 9.04. The summed E-state index contributed by atoms with van der Waals surface area (Å²) in [5.74, 6) is -1.56. The maximum Gasteiger partial charge on any atom is 0.416 e. The minimum Gasteiger partial charge on any atom is -0.491 e. The number of ether oxygens (including phenoxy) is 1. The van der Waals surface area contributed by atoms with E-state index in [2.05, 4.69) is 5.32 Å². The Bertz CT molecular complexity index is 707. The molecule has 0 aromatic heterocycles. The summed E-state index contributed by atoms with van der Waals surface area (Å²) in [7, 11) is -3.51. The van der Waals surface area contributed by atoms with Crippen LogP contribution in [0.25, 0.3) is 0 Å².